The molecule has 2 fully saturated rings. The Labute approximate surface area is 386 Å². The Kier molecular flexibility index (Phi) is 13.9. The normalized spacial score (nSPS) is 22.1. The molecule has 0 saturated carbocycles. The van der Waals surface area contributed by atoms with E-state index >= 15 is 14.4 Å². The highest BCUT2D eigenvalue weighted by Gasteiger charge is 2.75. The molecule has 3 aliphatic heterocycles. The lowest BCUT2D eigenvalue weighted by Gasteiger charge is -2.46. The fraction of sp³-hybridized carbons (Fsp3) is 0.275. The number of nitrogens with zero attached hydrogens (tertiary/aromatic N) is 2. The van der Waals surface area contributed by atoms with Gasteiger partial charge in [-0.25, -0.2) is 14.5 Å². The number of fused-ring (bicyclic) bond motifs is 3. The van der Waals surface area contributed by atoms with Crippen molar-refractivity contribution in [3.8, 4) is 17.6 Å². The van der Waals surface area contributed by atoms with E-state index in [-0.39, 0.29) is 50.8 Å². The van der Waals surface area contributed by atoms with Gasteiger partial charge in [-0.3, -0.25) is 19.3 Å². The summed E-state index contributed by atoms with van der Waals surface area (Å²) in [5.74, 6) is 2.00. The summed E-state index contributed by atoms with van der Waals surface area (Å²) in [6, 6.07) is 34.2. The van der Waals surface area contributed by atoms with Crippen LogP contribution < -0.4 is 26.0 Å². The monoisotopic (exact) mass is 907 g/mol. The van der Waals surface area contributed by atoms with Gasteiger partial charge in [0.15, 0.2) is 0 Å². The molecular weight excluding hydrogens is 859 g/mol. The number of hydrogen-bond acceptors (Lipinski definition) is 12. The number of amides is 5. The van der Waals surface area contributed by atoms with Crippen molar-refractivity contribution in [2.75, 3.05) is 51.5 Å². The highest BCUT2D eigenvalue weighted by molar-refractivity contribution is 6.23. The number of nitrogens with one attached hydrogen (secondary N) is 2. The molecule has 1 spiro atoms. The SMILES string of the molecule is COCCOC(=O)N1C(=O)C2(c3cc(C#CCNC(N)=O)ccc31)C(C(=O)NCC(O)c1ccccc1)C1C(=O)OC(c3ccccc3)C(c3ccccc3)N1C2c1cccc(OCCO)c1. The molecule has 0 aromatic heterocycles. The fourth-order valence-corrected chi connectivity index (χ4v) is 9.56. The minimum Gasteiger partial charge on any atom is -0.491 e. The van der Waals surface area contributed by atoms with E-state index in [1.54, 1.807) is 66.7 Å². The van der Waals surface area contributed by atoms with Crippen molar-refractivity contribution in [2.24, 2.45) is 11.7 Å². The Morgan fingerprint density at radius 3 is 2.19 bits per heavy atom. The number of urea groups is 1. The highest BCUT2D eigenvalue weighted by Crippen LogP contribution is 2.66. The van der Waals surface area contributed by atoms with Crippen molar-refractivity contribution in [1.82, 2.24) is 15.5 Å². The van der Waals surface area contributed by atoms with Crippen LogP contribution in [0, 0.1) is 17.8 Å². The number of imide groups is 1. The largest absolute Gasteiger partial charge is 0.491 e. The molecule has 2 saturated heterocycles. The van der Waals surface area contributed by atoms with E-state index in [1.165, 1.54) is 13.2 Å². The zero-order valence-corrected chi connectivity index (χ0v) is 36.4. The molecule has 5 aromatic rings. The van der Waals surface area contributed by atoms with E-state index in [0.717, 1.165) is 4.90 Å². The van der Waals surface area contributed by atoms with E-state index < -0.39 is 71.6 Å². The van der Waals surface area contributed by atoms with Crippen LogP contribution in [0.2, 0.25) is 0 Å². The second kappa shape index (κ2) is 20.3. The van der Waals surface area contributed by atoms with Crippen molar-refractivity contribution in [2.45, 2.75) is 35.7 Å². The number of ether oxygens (including phenoxy) is 4. The van der Waals surface area contributed by atoms with Gasteiger partial charge in [0.25, 0.3) is 0 Å². The van der Waals surface area contributed by atoms with E-state index in [2.05, 4.69) is 22.5 Å². The van der Waals surface area contributed by atoms with E-state index in [0.29, 0.717) is 33.6 Å². The number of hydrogen-bond donors (Lipinski definition) is 5. The average molecular weight is 908 g/mol. The number of primary amides is 1. The van der Waals surface area contributed by atoms with Crippen molar-refractivity contribution < 1.29 is 53.1 Å². The molecule has 5 amide bonds. The van der Waals surface area contributed by atoms with Crippen molar-refractivity contribution >= 4 is 35.6 Å². The third kappa shape index (κ3) is 8.93. The number of anilines is 1. The molecule has 16 heteroatoms. The number of nitrogens with two attached hydrogens (primary N) is 1. The lowest BCUT2D eigenvalue weighted by atomic mass is 9.65. The zero-order chi connectivity index (χ0) is 47.1. The summed E-state index contributed by atoms with van der Waals surface area (Å²) in [7, 11) is 1.43. The first-order chi connectivity index (χ1) is 32.6. The van der Waals surface area contributed by atoms with E-state index in [9.17, 15) is 19.8 Å². The molecule has 7 atom stereocenters. The van der Waals surface area contributed by atoms with Crippen LogP contribution in [0.15, 0.2) is 133 Å². The van der Waals surface area contributed by atoms with Gasteiger partial charge in [0.1, 0.15) is 36.5 Å². The van der Waals surface area contributed by atoms with Crippen LogP contribution in [-0.4, -0.2) is 97.7 Å². The number of rotatable bonds is 14. The van der Waals surface area contributed by atoms with Crippen LogP contribution in [0.3, 0.4) is 0 Å². The van der Waals surface area contributed by atoms with Gasteiger partial charge in [-0.15, -0.1) is 0 Å². The van der Waals surface area contributed by atoms with Crippen LogP contribution in [-0.2, 0) is 34.0 Å². The third-order valence-corrected chi connectivity index (χ3v) is 12.2. The molecule has 16 nitrogen and oxygen atoms in total. The second-order valence-corrected chi connectivity index (χ2v) is 16.1. The smallest absolute Gasteiger partial charge is 0.421 e. The molecular formula is C51H49N5O11. The summed E-state index contributed by atoms with van der Waals surface area (Å²) in [6.45, 7) is -1.00. The molecule has 6 N–H and O–H groups in total. The number of carbonyl (C=O) groups is 5. The highest BCUT2D eigenvalue weighted by atomic mass is 16.6. The first-order valence-corrected chi connectivity index (χ1v) is 21.7. The van der Waals surface area contributed by atoms with Gasteiger partial charge in [-0.2, -0.15) is 0 Å². The number of morpholine rings is 1. The number of aliphatic hydroxyl groups is 2. The first-order valence-electron chi connectivity index (χ1n) is 21.7. The Morgan fingerprint density at radius 1 is 0.821 bits per heavy atom. The molecule has 3 heterocycles. The standard InChI is InChI=1S/C51H49N5O11/c1-64-27-28-66-50(63)55-39-23-22-32(13-12-24-53-49(52)62)29-38(39)51(48(55)61)41(46(59)54-31-40(58)33-14-5-2-6-15-33)43-47(60)67-44(35-18-9-4-10-19-35)42(34-16-7-3-8-17-34)56(43)45(51)36-20-11-21-37(30-36)65-26-25-57/h2-11,14-23,29-30,40-45,57-58H,24-28,31H2,1H3,(H,54,59)(H3,52,53,62). The van der Waals surface area contributed by atoms with Gasteiger partial charge in [-0.1, -0.05) is 115 Å². The molecule has 5 aromatic carbocycles. The Balaban J connectivity index is 1.43. The van der Waals surface area contributed by atoms with Crippen LogP contribution in [0.25, 0.3) is 0 Å². The molecule has 0 radical (unpaired) electrons. The molecule has 3 aliphatic rings. The summed E-state index contributed by atoms with van der Waals surface area (Å²) in [4.78, 5) is 75.9. The van der Waals surface area contributed by atoms with Crippen LogP contribution in [0.5, 0.6) is 5.75 Å². The molecule has 344 valence electrons. The number of cyclic esters (lactones) is 1. The molecule has 0 bridgehead atoms. The Bertz CT molecular complexity index is 2680. The lowest BCUT2D eigenvalue weighted by Crippen LogP contribution is -2.56. The quantitative estimate of drug-likeness (QED) is 0.0596. The van der Waals surface area contributed by atoms with Gasteiger partial charge in [0.2, 0.25) is 11.8 Å². The Hall–Kier alpha value is -7.55. The maximum absolute atomic E-state index is 16.3. The zero-order valence-electron chi connectivity index (χ0n) is 36.4. The fourth-order valence-electron chi connectivity index (χ4n) is 9.56. The maximum Gasteiger partial charge on any atom is 0.421 e. The lowest BCUT2D eigenvalue weighted by molar-refractivity contribution is -0.178. The summed E-state index contributed by atoms with van der Waals surface area (Å²) in [5.41, 5.74) is 5.94. The summed E-state index contributed by atoms with van der Waals surface area (Å²) < 4.78 is 23.2. The Morgan fingerprint density at radius 2 is 1.51 bits per heavy atom. The predicted octanol–water partition coefficient (Wildman–Crippen LogP) is 4.38. The van der Waals surface area contributed by atoms with Crippen molar-refractivity contribution in [1.29, 1.82) is 0 Å². The van der Waals surface area contributed by atoms with Crippen molar-refractivity contribution in [3.63, 3.8) is 0 Å². The second-order valence-electron chi connectivity index (χ2n) is 16.1. The first kappa shape index (κ1) is 46.0. The van der Waals surface area contributed by atoms with Gasteiger partial charge in [0.05, 0.1) is 49.6 Å². The van der Waals surface area contributed by atoms with Gasteiger partial charge >= 0.3 is 18.1 Å². The number of methoxy groups -OCH3 is 1. The number of benzene rings is 5. The number of carbonyl (C=O) groups excluding carboxylic acids is 5. The van der Waals surface area contributed by atoms with E-state index in [4.69, 9.17) is 24.7 Å². The number of esters is 1. The van der Waals surface area contributed by atoms with Crippen LogP contribution in [0.1, 0.15) is 57.7 Å². The topological polar surface area (TPSA) is 219 Å². The van der Waals surface area contributed by atoms with Crippen LogP contribution in [0.4, 0.5) is 15.3 Å². The molecule has 8 rings (SSSR count). The minimum absolute atomic E-state index is 0.0129. The summed E-state index contributed by atoms with van der Waals surface area (Å²) in [6.07, 6.45) is -3.23. The van der Waals surface area contributed by atoms with Gasteiger partial charge in [0, 0.05) is 19.2 Å². The molecule has 7 unspecified atom stereocenters. The summed E-state index contributed by atoms with van der Waals surface area (Å²) in [5, 5.41) is 26.5. The minimum atomic E-state index is -2.17. The average Bonchev–Trinajstić information content (AvgIpc) is 3.81. The molecule has 0 aliphatic carbocycles. The van der Waals surface area contributed by atoms with Crippen molar-refractivity contribution in [3.05, 3.63) is 167 Å². The third-order valence-electron chi connectivity index (χ3n) is 12.2. The van der Waals surface area contributed by atoms with Gasteiger partial charge < -0.3 is 45.5 Å². The predicted molar refractivity (Wildman–Crippen MR) is 243 cm³/mol. The number of aliphatic hydroxyl groups excluding tert-OH is 2. The van der Waals surface area contributed by atoms with Crippen LogP contribution >= 0.6 is 0 Å². The maximum atomic E-state index is 16.3. The van der Waals surface area contributed by atoms with Gasteiger partial charge in [-0.05, 0) is 58.1 Å². The van der Waals surface area contributed by atoms with E-state index in [1.807, 2.05) is 65.6 Å². The summed E-state index contributed by atoms with van der Waals surface area (Å²) >= 11 is 0. The molecule has 67 heavy (non-hydrogen) atoms.